The summed E-state index contributed by atoms with van der Waals surface area (Å²) in [4.78, 5) is 2.45. The molecule has 1 N–H and O–H groups in total. The minimum Gasteiger partial charge on any atom is -0.493 e. The van der Waals surface area contributed by atoms with Crippen molar-refractivity contribution in [3.05, 3.63) is 95.6 Å². The maximum absolute atomic E-state index is 10.8. The van der Waals surface area contributed by atoms with E-state index in [2.05, 4.69) is 60.4 Å². The maximum Gasteiger partial charge on any atom is 0.161 e. The Balaban J connectivity index is 1.58. The second-order valence-corrected chi connectivity index (χ2v) is 9.07. The molecule has 3 atom stereocenters. The van der Waals surface area contributed by atoms with Gasteiger partial charge in [-0.25, -0.2) is 0 Å². The molecule has 3 aromatic carbocycles. The second kappa shape index (κ2) is 9.76. The highest BCUT2D eigenvalue weighted by molar-refractivity contribution is 5.45. The third-order valence-electron chi connectivity index (χ3n) is 6.83. The summed E-state index contributed by atoms with van der Waals surface area (Å²) in [6.07, 6.45) is -0.427. The molecule has 0 radical (unpaired) electrons. The molecule has 1 heterocycles. The quantitative estimate of drug-likeness (QED) is 0.528. The van der Waals surface area contributed by atoms with E-state index in [0.29, 0.717) is 6.61 Å². The van der Waals surface area contributed by atoms with Gasteiger partial charge in [0.05, 0.1) is 13.2 Å². The van der Waals surface area contributed by atoms with Crippen LogP contribution in [-0.4, -0.2) is 36.3 Å². The van der Waals surface area contributed by atoms with E-state index in [1.165, 1.54) is 11.1 Å². The van der Waals surface area contributed by atoms with Crippen LogP contribution in [0.5, 0.6) is 11.5 Å². The van der Waals surface area contributed by atoms with Gasteiger partial charge in [-0.1, -0.05) is 73.7 Å². The molecule has 168 valence electrons. The van der Waals surface area contributed by atoms with E-state index in [1.54, 1.807) is 7.11 Å². The van der Waals surface area contributed by atoms with Gasteiger partial charge >= 0.3 is 0 Å². The van der Waals surface area contributed by atoms with E-state index in [-0.39, 0.29) is 11.3 Å². The number of nitrogens with zero attached hydrogens (tertiary/aromatic N) is 1. The van der Waals surface area contributed by atoms with Gasteiger partial charge < -0.3 is 14.6 Å². The molecule has 4 heteroatoms. The average molecular weight is 432 g/mol. The Morgan fingerprint density at radius 3 is 2.25 bits per heavy atom. The van der Waals surface area contributed by atoms with Crippen LogP contribution in [0.25, 0.3) is 0 Å². The number of likely N-dealkylation sites (tertiary alicyclic amines) is 1. The summed E-state index contributed by atoms with van der Waals surface area (Å²) in [5.74, 6) is 1.65. The van der Waals surface area contributed by atoms with E-state index in [4.69, 9.17) is 9.47 Å². The number of aliphatic hydroxyl groups excluding tert-OH is 1. The van der Waals surface area contributed by atoms with Crippen LogP contribution >= 0.6 is 0 Å². The number of hydrogen-bond acceptors (Lipinski definition) is 4. The molecule has 1 fully saturated rings. The molecule has 3 aromatic rings. The molecule has 0 aliphatic carbocycles. The summed E-state index contributed by atoms with van der Waals surface area (Å²) in [7, 11) is 1.67. The monoisotopic (exact) mass is 431 g/mol. The Labute approximate surface area is 191 Å². The number of methoxy groups -OCH3 is 1. The van der Waals surface area contributed by atoms with Gasteiger partial charge in [-0.15, -0.1) is 0 Å². The Morgan fingerprint density at radius 1 is 0.969 bits per heavy atom. The number of aliphatic hydroxyl groups is 1. The van der Waals surface area contributed by atoms with E-state index >= 15 is 0 Å². The average Bonchev–Trinajstić information content (AvgIpc) is 3.16. The first-order valence-electron chi connectivity index (χ1n) is 11.3. The van der Waals surface area contributed by atoms with Gasteiger partial charge in [-0.2, -0.15) is 0 Å². The third kappa shape index (κ3) is 4.82. The molecule has 0 saturated carbocycles. The van der Waals surface area contributed by atoms with Crippen LogP contribution in [-0.2, 0) is 13.2 Å². The smallest absolute Gasteiger partial charge is 0.161 e. The summed E-state index contributed by atoms with van der Waals surface area (Å²) >= 11 is 0. The molecule has 4 nitrogen and oxygen atoms in total. The Hall–Kier alpha value is -2.82. The fourth-order valence-corrected chi connectivity index (χ4v) is 4.75. The largest absolute Gasteiger partial charge is 0.493 e. The van der Waals surface area contributed by atoms with E-state index in [9.17, 15) is 5.11 Å². The predicted octanol–water partition coefficient (Wildman–Crippen LogP) is 5.26. The Morgan fingerprint density at radius 2 is 1.62 bits per heavy atom. The Bertz CT molecular complexity index is 1010. The summed E-state index contributed by atoms with van der Waals surface area (Å²) in [5, 5.41) is 10.8. The van der Waals surface area contributed by atoms with Crippen LogP contribution in [0.15, 0.2) is 78.9 Å². The number of benzene rings is 3. The lowest BCUT2D eigenvalue weighted by Gasteiger charge is -2.34. The van der Waals surface area contributed by atoms with Gasteiger partial charge in [0.1, 0.15) is 6.61 Å². The van der Waals surface area contributed by atoms with Gasteiger partial charge in [0, 0.05) is 31.0 Å². The van der Waals surface area contributed by atoms with Crippen LogP contribution < -0.4 is 9.47 Å². The molecule has 4 rings (SSSR count). The third-order valence-corrected chi connectivity index (χ3v) is 6.83. The minimum atomic E-state index is -0.427. The van der Waals surface area contributed by atoms with Crippen molar-refractivity contribution in [1.29, 1.82) is 0 Å². The molecule has 2 unspecified atom stereocenters. The lowest BCUT2D eigenvalue weighted by molar-refractivity contribution is 0.0474. The maximum atomic E-state index is 10.8. The van der Waals surface area contributed by atoms with Gasteiger partial charge in [0.15, 0.2) is 11.5 Å². The topological polar surface area (TPSA) is 41.9 Å². The minimum absolute atomic E-state index is 0.191. The normalized spacial score (nSPS) is 21.9. The van der Waals surface area contributed by atoms with E-state index < -0.39 is 6.10 Å². The molecular formula is C28H33NO3. The molecular weight excluding hydrogens is 398 g/mol. The van der Waals surface area contributed by atoms with Crippen LogP contribution in [0.2, 0.25) is 0 Å². The number of rotatable bonds is 8. The van der Waals surface area contributed by atoms with Crippen molar-refractivity contribution in [3.8, 4) is 11.5 Å². The molecule has 32 heavy (non-hydrogen) atoms. The van der Waals surface area contributed by atoms with Gasteiger partial charge in [0.25, 0.3) is 0 Å². The highest BCUT2D eigenvalue weighted by atomic mass is 16.5. The van der Waals surface area contributed by atoms with Crippen LogP contribution in [0.3, 0.4) is 0 Å². The molecule has 1 aliphatic rings. The summed E-state index contributed by atoms with van der Waals surface area (Å²) in [5.41, 5.74) is 3.33. The highest BCUT2D eigenvalue weighted by Gasteiger charge is 2.46. The van der Waals surface area contributed by atoms with Crippen molar-refractivity contribution in [2.45, 2.75) is 39.0 Å². The van der Waals surface area contributed by atoms with Crippen molar-refractivity contribution >= 4 is 0 Å². The fraction of sp³-hybridized carbons (Fsp3) is 0.357. The predicted molar refractivity (Wildman–Crippen MR) is 128 cm³/mol. The van der Waals surface area contributed by atoms with Gasteiger partial charge in [-0.3, -0.25) is 4.90 Å². The van der Waals surface area contributed by atoms with Crippen molar-refractivity contribution in [1.82, 2.24) is 4.90 Å². The first-order valence-corrected chi connectivity index (χ1v) is 11.3. The number of hydrogen-bond donors (Lipinski definition) is 1. The summed E-state index contributed by atoms with van der Waals surface area (Å²) in [6, 6.07) is 26.9. The van der Waals surface area contributed by atoms with E-state index in [1.807, 2.05) is 37.3 Å². The first-order chi connectivity index (χ1) is 15.5. The van der Waals surface area contributed by atoms with Crippen molar-refractivity contribution in [2.75, 3.05) is 20.2 Å². The molecule has 0 bridgehead atoms. The van der Waals surface area contributed by atoms with Crippen LogP contribution in [0, 0.1) is 5.41 Å². The second-order valence-electron chi connectivity index (χ2n) is 9.07. The van der Waals surface area contributed by atoms with Crippen LogP contribution in [0.1, 0.15) is 36.5 Å². The van der Waals surface area contributed by atoms with Gasteiger partial charge in [0.2, 0.25) is 0 Å². The fourth-order valence-electron chi connectivity index (χ4n) is 4.75. The van der Waals surface area contributed by atoms with Crippen molar-refractivity contribution in [2.24, 2.45) is 5.41 Å². The zero-order valence-electron chi connectivity index (χ0n) is 19.2. The Kier molecular flexibility index (Phi) is 6.83. The zero-order valence-corrected chi connectivity index (χ0v) is 19.2. The standard InChI is InChI=1S/C28H33NO3/c1-21(30)28(2)20-29(17-22-10-6-4-7-11-22)18-25(28)24-14-15-26(31-3)27(16-24)32-19-23-12-8-5-9-13-23/h4-16,21,25,30H,17-20H2,1-3H3/t21-,25?,28?/m0/s1. The van der Waals surface area contributed by atoms with Crippen molar-refractivity contribution < 1.29 is 14.6 Å². The first kappa shape index (κ1) is 22.4. The molecule has 0 spiro atoms. The van der Waals surface area contributed by atoms with Crippen LogP contribution in [0.4, 0.5) is 0 Å². The molecule has 0 aromatic heterocycles. The lowest BCUT2D eigenvalue weighted by atomic mass is 9.72. The number of ether oxygens (including phenoxy) is 2. The zero-order chi connectivity index (χ0) is 22.6. The van der Waals surface area contributed by atoms with Gasteiger partial charge in [-0.05, 0) is 35.7 Å². The molecule has 1 saturated heterocycles. The SMILES string of the molecule is COc1ccc(C2CN(Cc3ccccc3)CC2(C)[C@H](C)O)cc1OCc1ccccc1. The molecule has 1 aliphatic heterocycles. The molecule has 0 amide bonds. The highest BCUT2D eigenvalue weighted by Crippen LogP contribution is 2.47. The van der Waals surface area contributed by atoms with E-state index in [0.717, 1.165) is 36.7 Å². The summed E-state index contributed by atoms with van der Waals surface area (Å²) in [6.45, 7) is 7.21. The van der Waals surface area contributed by atoms with Crippen molar-refractivity contribution in [3.63, 3.8) is 0 Å². The lowest BCUT2D eigenvalue weighted by Crippen LogP contribution is -2.37. The summed E-state index contributed by atoms with van der Waals surface area (Å²) < 4.78 is 11.7.